The van der Waals surface area contributed by atoms with Gasteiger partial charge in [0.2, 0.25) is 0 Å². The molecule has 0 radical (unpaired) electrons. The molecule has 1 aromatic rings. The molecule has 3 rings (SSSR count). The van der Waals surface area contributed by atoms with E-state index in [0.29, 0.717) is 11.5 Å². The molecule has 4 nitrogen and oxygen atoms in total. The molecule has 3 atom stereocenters. The molecule has 0 unspecified atom stereocenters. The van der Waals surface area contributed by atoms with Crippen LogP contribution in [0.3, 0.4) is 0 Å². The molecule has 106 valence electrons. The summed E-state index contributed by atoms with van der Waals surface area (Å²) < 4.78 is 17.5. The zero-order chi connectivity index (χ0) is 13.8. The average Bonchev–Trinajstić information content (AvgIpc) is 2.76. The number of fused-ring (bicyclic) bond motifs is 1. The highest BCUT2D eigenvalue weighted by atomic mass is 32.2. The molecular formula is C14H23N3OS. The Bertz CT molecular complexity index is 475. The van der Waals surface area contributed by atoms with Gasteiger partial charge in [0.1, 0.15) is 4.75 Å². The van der Waals surface area contributed by atoms with Crippen LogP contribution in [0.5, 0.6) is 0 Å². The highest BCUT2D eigenvalue weighted by Crippen LogP contribution is 2.58. The van der Waals surface area contributed by atoms with Gasteiger partial charge in [-0.25, -0.2) is 0 Å². The minimum atomic E-state index is -1.03. The summed E-state index contributed by atoms with van der Waals surface area (Å²) in [4.78, 5) is 0. The highest BCUT2D eigenvalue weighted by Gasteiger charge is 2.51. The van der Waals surface area contributed by atoms with Gasteiger partial charge in [0.25, 0.3) is 0 Å². The molecule has 1 aliphatic heterocycles. The van der Waals surface area contributed by atoms with Crippen LogP contribution in [0.4, 0.5) is 0 Å². The van der Waals surface area contributed by atoms with E-state index in [2.05, 4.69) is 27.5 Å². The minimum Gasteiger partial charge on any atom is -0.598 e. The van der Waals surface area contributed by atoms with Crippen LogP contribution in [0.2, 0.25) is 0 Å². The van der Waals surface area contributed by atoms with E-state index in [1.54, 1.807) is 0 Å². The first-order chi connectivity index (χ1) is 8.81. The lowest BCUT2D eigenvalue weighted by Gasteiger charge is -2.26. The Labute approximate surface area is 118 Å². The summed E-state index contributed by atoms with van der Waals surface area (Å²) in [6.07, 6.45) is 5.45. The van der Waals surface area contributed by atoms with Crippen LogP contribution in [0.25, 0.3) is 0 Å². The summed E-state index contributed by atoms with van der Waals surface area (Å²) in [5, 5.41) is 4.48. The van der Waals surface area contributed by atoms with Gasteiger partial charge in [0.15, 0.2) is 0 Å². The molecule has 19 heavy (non-hydrogen) atoms. The first-order valence-corrected chi connectivity index (χ1v) is 8.18. The summed E-state index contributed by atoms with van der Waals surface area (Å²) in [6.45, 7) is 8.35. The minimum absolute atomic E-state index is 0.171. The molecule has 1 N–H and O–H groups in total. The van der Waals surface area contributed by atoms with E-state index in [1.165, 1.54) is 18.5 Å². The Balaban J connectivity index is 1.79. The van der Waals surface area contributed by atoms with Crippen LogP contribution < -0.4 is 4.72 Å². The van der Waals surface area contributed by atoms with Crippen molar-refractivity contribution in [1.29, 1.82) is 0 Å². The van der Waals surface area contributed by atoms with Gasteiger partial charge in [-0.2, -0.15) is 5.10 Å². The molecule has 1 fully saturated rings. The van der Waals surface area contributed by atoms with E-state index >= 15 is 0 Å². The maximum Gasteiger partial charge on any atom is 0.136 e. The first-order valence-electron chi connectivity index (χ1n) is 7.03. The van der Waals surface area contributed by atoms with Gasteiger partial charge in [0, 0.05) is 17.6 Å². The Morgan fingerprint density at radius 1 is 1.47 bits per heavy atom. The Hall–Kier alpha value is -0.520. The second kappa shape index (κ2) is 4.24. The summed E-state index contributed by atoms with van der Waals surface area (Å²) in [5.74, 6) is 0. The second-order valence-electron chi connectivity index (χ2n) is 7.16. The molecule has 5 heteroatoms. The quantitative estimate of drug-likeness (QED) is 0.867. The number of hydrogen-bond donors (Lipinski definition) is 1. The largest absolute Gasteiger partial charge is 0.598 e. The van der Waals surface area contributed by atoms with Crippen LogP contribution in [0, 0.1) is 5.41 Å². The van der Waals surface area contributed by atoms with Gasteiger partial charge >= 0.3 is 0 Å². The normalized spacial score (nSPS) is 30.2. The molecule has 1 aliphatic carbocycles. The third-order valence-corrected chi connectivity index (χ3v) is 6.07. The van der Waals surface area contributed by atoms with E-state index in [9.17, 15) is 4.55 Å². The van der Waals surface area contributed by atoms with E-state index in [0.717, 1.165) is 6.42 Å². The zero-order valence-corrected chi connectivity index (χ0v) is 13.0. The van der Waals surface area contributed by atoms with Crippen molar-refractivity contribution in [1.82, 2.24) is 14.5 Å². The Morgan fingerprint density at radius 2 is 2.16 bits per heavy atom. The molecule has 0 bridgehead atoms. The smallest absolute Gasteiger partial charge is 0.136 e. The predicted octanol–water partition coefficient (Wildman–Crippen LogP) is 2.72. The van der Waals surface area contributed by atoms with Crippen LogP contribution in [-0.4, -0.2) is 19.1 Å². The van der Waals surface area contributed by atoms with Gasteiger partial charge in [0.05, 0.1) is 17.8 Å². The van der Waals surface area contributed by atoms with Crippen LogP contribution in [-0.2, 0) is 11.4 Å². The standard InChI is InChI=1S/C14H23N3OS/c1-13(2,3)19(18)16-10-9-12(14(4)6-7-14)17-11(10)5-8-15-17/h5,8,10,12,16H,6-7,9H2,1-4H3/t10-,12+,19+/m1/s1. The third-order valence-electron chi connectivity index (χ3n) is 4.46. The maximum absolute atomic E-state index is 12.3. The van der Waals surface area contributed by atoms with Crippen molar-refractivity contribution in [3.05, 3.63) is 18.0 Å². The molecular weight excluding hydrogens is 258 g/mol. The van der Waals surface area contributed by atoms with Crippen molar-refractivity contribution < 1.29 is 4.55 Å². The maximum atomic E-state index is 12.3. The SMILES string of the molecule is CC1([C@@H]2C[C@@H](N[S@@+]([O-])C(C)(C)C)c3ccnn32)CC1. The average molecular weight is 281 g/mol. The summed E-state index contributed by atoms with van der Waals surface area (Å²) in [7, 11) is 0. The van der Waals surface area contributed by atoms with E-state index in [-0.39, 0.29) is 10.8 Å². The van der Waals surface area contributed by atoms with Crippen molar-refractivity contribution in [2.45, 2.75) is 63.8 Å². The van der Waals surface area contributed by atoms with Crippen molar-refractivity contribution in [3.8, 4) is 0 Å². The van der Waals surface area contributed by atoms with E-state index in [4.69, 9.17) is 0 Å². The molecule has 0 aromatic carbocycles. The number of hydrogen-bond acceptors (Lipinski definition) is 3. The fourth-order valence-corrected chi connectivity index (χ4v) is 3.66. The molecule has 1 saturated carbocycles. The lowest BCUT2D eigenvalue weighted by atomic mass is 9.96. The van der Waals surface area contributed by atoms with Crippen LogP contribution >= 0.6 is 0 Å². The fraction of sp³-hybridized carbons (Fsp3) is 0.786. The number of rotatable bonds is 3. The molecule has 0 saturated heterocycles. The number of nitrogens with zero attached hydrogens (tertiary/aromatic N) is 2. The summed E-state index contributed by atoms with van der Waals surface area (Å²) in [5.41, 5.74) is 1.59. The Morgan fingerprint density at radius 3 is 2.74 bits per heavy atom. The van der Waals surface area contributed by atoms with Gasteiger partial charge in [-0.05, 0) is 51.5 Å². The molecule has 0 spiro atoms. The lowest BCUT2D eigenvalue weighted by Crippen LogP contribution is -2.40. The molecule has 2 heterocycles. The predicted molar refractivity (Wildman–Crippen MR) is 77.0 cm³/mol. The number of nitrogens with one attached hydrogen (secondary N) is 1. The van der Waals surface area contributed by atoms with E-state index in [1.807, 2.05) is 27.0 Å². The molecule has 0 amide bonds. The van der Waals surface area contributed by atoms with Crippen LogP contribution in [0.15, 0.2) is 12.3 Å². The van der Waals surface area contributed by atoms with Crippen LogP contribution in [0.1, 0.15) is 64.7 Å². The number of aromatic nitrogens is 2. The zero-order valence-electron chi connectivity index (χ0n) is 12.1. The first kappa shape index (κ1) is 13.5. The fourth-order valence-electron chi connectivity index (χ4n) is 2.83. The topological polar surface area (TPSA) is 52.9 Å². The van der Waals surface area contributed by atoms with Crippen molar-refractivity contribution in [2.24, 2.45) is 5.41 Å². The lowest BCUT2D eigenvalue weighted by molar-refractivity contribution is 0.310. The van der Waals surface area contributed by atoms with Crippen molar-refractivity contribution in [3.63, 3.8) is 0 Å². The Kier molecular flexibility index (Phi) is 3.00. The van der Waals surface area contributed by atoms with Crippen molar-refractivity contribution >= 4 is 11.4 Å². The highest BCUT2D eigenvalue weighted by molar-refractivity contribution is 7.90. The summed E-state index contributed by atoms with van der Waals surface area (Å²) in [6, 6.07) is 2.69. The van der Waals surface area contributed by atoms with Crippen molar-refractivity contribution in [2.75, 3.05) is 0 Å². The molecule has 1 aromatic heterocycles. The molecule has 2 aliphatic rings. The van der Waals surface area contributed by atoms with E-state index < -0.39 is 11.4 Å². The van der Waals surface area contributed by atoms with Gasteiger partial charge in [-0.3, -0.25) is 4.68 Å². The van der Waals surface area contributed by atoms with Gasteiger partial charge in [-0.1, -0.05) is 6.92 Å². The second-order valence-corrected chi connectivity index (χ2v) is 9.16. The third kappa shape index (κ3) is 2.32. The van der Waals surface area contributed by atoms with Gasteiger partial charge < -0.3 is 4.55 Å². The van der Waals surface area contributed by atoms with Gasteiger partial charge in [-0.15, -0.1) is 4.72 Å². The summed E-state index contributed by atoms with van der Waals surface area (Å²) >= 11 is -1.03. The monoisotopic (exact) mass is 281 g/mol.